The average molecular weight is 147 g/mol. The summed E-state index contributed by atoms with van der Waals surface area (Å²) in [4.78, 5) is 0. The maximum Gasteiger partial charge on any atom is -0.0248 e. The van der Waals surface area contributed by atoms with Crippen LogP contribution in [0.1, 0.15) is 25.3 Å². The number of unbranched alkanes of at least 4 members (excludes halogenated alkanes) is 2. The molecule has 0 saturated carbocycles. The summed E-state index contributed by atoms with van der Waals surface area (Å²) in [6.07, 6.45) is 5.95. The second-order valence-corrected chi connectivity index (χ2v) is 2.77. The molecule has 0 bridgehead atoms. The Kier molecular flexibility index (Phi) is 3.74. The first-order valence-electron chi connectivity index (χ1n) is 4.29. The molecule has 11 heavy (non-hydrogen) atoms. The molecule has 0 nitrogen and oxygen atoms in total. The van der Waals surface area contributed by atoms with Gasteiger partial charge in [-0.3, -0.25) is 0 Å². The van der Waals surface area contributed by atoms with Crippen molar-refractivity contribution in [2.24, 2.45) is 0 Å². The minimum absolute atomic E-state index is 1.12. The highest BCUT2D eigenvalue weighted by molar-refractivity contribution is 5.16. The van der Waals surface area contributed by atoms with Gasteiger partial charge in [-0.15, -0.1) is 0 Å². The van der Waals surface area contributed by atoms with Gasteiger partial charge in [0.05, 0.1) is 0 Å². The second kappa shape index (κ2) is 4.95. The third kappa shape index (κ3) is 3.22. The van der Waals surface area contributed by atoms with Gasteiger partial charge < -0.3 is 0 Å². The van der Waals surface area contributed by atoms with E-state index < -0.39 is 0 Å². The molecule has 59 valence electrons. The fourth-order valence-corrected chi connectivity index (χ4v) is 1.09. The molecule has 0 aliphatic rings. The Bertz CT molecular complexity index is 176. The van der Waals surface area contributed by atoms with Crippen LogP contribution in [0.2, 0.25) is 0 Å². The van der Waals surface area contributed by atoms with Crippen molar-refractivity contribution in [1.82, 2.24) is 0 Å². The molecule has 0 aromatic heterocycles. The fraction of sp³-hybridized carbons (Fsp3) is 0.364. The van der Waals surface area contributed by atoms with Gasteiger partial charge in [0.1, 0.15) is 0 Å². The van der Waals surface area contributed by atoms with Crippen LogP contribution in [0.3, 0.4) is 0 Å². The van der Waals surface area contributed by atoms with Crippen LogP contribution in [0.25, 0.3) is 0 Å². The zero-order chi connectivity index (χ0) is 7.94. The van der Waals surface area contributed by atoms with Crippen LogP contribution in [0.4, 0.5) is 0 Å². The van der Waals surface area contributed by atoms with E-state index >= 15 is 0 Å². The Balaban J connectivity index is 2.28. The quantitative estimate of drug-likeness (QED) is 0.573. The summed E-state index contributed by atoms with van der Waals surface area (Å²) in [6, 6.07) is 10.6. The summed E-state index contributed by atoms with van der Waals surface area (Å²) >= 11 is 0. The van der Waals surface area contributed by atoms with Gasteiger partial charge in [-0.2, -0.15) is 0 Å². The van der Waals surface area contributed by atoms with Gasteiger partial charge in [0, 0.05) is 0 Å². The smallest absolute Gasteiger partial charge is 0.0248 e. The van der Waals surface area contributed by atoms with E-state index in [1.807, 2.05) is 0 Å². The maximum absolute atomic E-state index is 2.34. The first-order valence-corrected chi connectivity index (χ1v) is 4.29. The summed E-state index contributed by atoms with van der Waals surface area (Å²) in [5, 5.41) is 0. The van der Waals surface area contributed by atoms with Crippen LogP contribution < -0.4 is 0 Å². The van der Waals surface area contributed by atoms with Crippen LogP contribution in [0.15, 0.2) is 30.3 Å². The van der Waals surface area contributed by atoms with Gasteiger partial charge in [0.25, 0.3) is 0 Å². The summed E-state index contributed by atoms with van der Waals surface area (Å²) in [6.45, 7) is 2.21. The molecule has 0 aliphatic heterocycles. The average Bonchev–Trinajstić information content (AvgIpc) is 2.07. The maximum atomic E-state index is 2.34. The fourth-order valence-electron chi connectivity index (χ4n) is 1.09. The lowest BCUT2D eigenvalue weighted by molar-refractivity contribution is 0.864. The molecule has 0 fully saturated rings. The number of rotatable bonds is 4. The van der Waals surface area contributed by atoms with Crippen molar-refractivity contribution in [2.75, 3.05) is 0 Å². The van der Waals surface area contributed by atoms with Gasteiger partial charge in [-0.05, 0) is 18.4 Å². The minimum atomic E-state index is 1.12. The molecular weight excluding hydrogens is 132 g/mol. The lowest BCUT2D eigenvalue weighted by Crippen LogP contribution is -1.84. The number of hydrogen-bond donors (Lipinski definition) is 0. The molecule has 0 heteroatoms. The van der Waals surface area contributed by atoms with Gasteiger partial charge in [-0.1, -0.05) is 50.1 Å². The molecule has 0 spiro atoms. The van der Waals surface area contributed by atoms with E-state index in [-0.39, 0.29) is 0 Å². The third-order valence-corrected chi connectivity index (χ3v) is 1.72. The van der Waals surface area contributed by atoms with E-state index in [0.717, 1.165) is 6.42 Å². The van der Waals surface area contributed by atoms with Crippen molar-refractivity contribution in [2.45, 2.75) is 26.2 Å². The summed E-state index contributed by atoms with van der Waals surface area (Å²) in [5.41, 5.74) is 1.42. The van der Waals surface area contributed by atoms with E-state index in [1.165, 1.54) is 18.4 Å². The second-order valence-electron chi connectivity index (χ2n) is 2.77. The van der Waals surface area contributed by atoms with Crippen molar-refractivity contribution < 1.29 is 0 Å². The van der Waals surface area contributed by atoms with E-state index in [1.54, 1.807) is 0 Å². The van der Waals surface area contributed by atoms with Crippen LogP contribution >= 0.6 is 0 Å². The van der Waals surface area contributed by atoms with Gasteiger partial charge in [-0.25, -0.2) is 0 Å². The molecule has 1 rings (SSSR count). The predicted octanol–water partition coefficient (Wildman–Crippen LogP) is 3.23. The zero-order valence-corrected chi connectivity index (χ0v) is 7.09. The molecule has 0 aliphatic carbocycles. The van der Waals surface area contributed by atoms with Crippen LogP contribution in [0, 0.1) is 6.42 Å². The number of benzene rings is 1. The Morgan fingerprint density at radius 2 is 1.91 bits per heavy atom. The molecule has 1 aromatic rings. The molecule has 0 atom stereocenters. The van der Waals surface area contributed by atoms with Crippen LogP contribution in [-0.4, -0.2) is 0 Å². The summed E-state index contributed by atoms with van der Waals surface area (Å²) in [5.74, 6) is 0. The molecule has 1 radical (unpaired) electrons. The Labute approximate surface area is 69.3 Å². The predicted molar refractivity (Wildman–Crippen MR) is 49.4 cm³/mol. The SMILES string of the molecule is CCC[CH]Cc1ccccc1. The first-order chi connectivity index (χ1) is 5.43. The molecule has 1 aromatic carbocycles. The highest BCUT2D eigenvalue weighted by Crippen LogP contribution is 2.04. The topological polar surface area (TPSA) is 0 Å². The Morgan fingerprint density at radius 3 is 2.55 bits per heavy atom. The van der Waals surface area contributed by atoms with Gasteiger partial charge in [0.15, 0.2) is 0 Å². The summed E-state index contributed by atoms with van der Waals surface area (Å²) < 4.78 is 0. The normalized spacial score (nSPS) is 9.91. The molecule has 0 saturated heterocycles. The lowest BCUT2D eigenvalue weighted by atomic mass is 10.1. The minimum Gasteiger partial charge on any atom is -0.0654 e. The molecule has 0 amide bonds. The van der Waals surface area contributed by atoms with Crippen molar-refractivity contribution in [3.05, 3.63) is 42.3 Å². The third-order valence-electron chi connectivity index (χ3n) is 1.72. The van der Waals surface area contributed by atoms with E-state index in [0.29, 0.717) is 0 Å². The zero-order valence-electron chi connectivity index (χ0n) is 7.09. The van der Waals surface area contributed by atoms with Crippen molar-refractivity contribution in [3.63, 3.8) is 0 Å². The molecule has 0 unspecified atom stereocenters. The van der Waals surface area contributed by atoms with E-state index in [2.05, 4.69) is 43.7 Å². The van der Waals surface area contributed by atoms with Crippen LogP contribution in [0.5, 0.6) is 0 Å². The van der Waals surface area contributed by atoms with E-state index in [4.69, 9.17) is 0 Å². The summed E-state index contributed by atoms with van der Waals surface area (Å²) in [7, 11) is 0. The molecule has 0 heterocycles. The Morgan fingerprint density at radius 1 is 1.18 bits per heavy atom. The highest BCUT2D eigenvalue weighted by Gasteiger charge is 1.89. The monoisotopic (exact) mass is 147 g/mol. The van der Waals surface area contributed by atoms with Crippen molar-refractivity contribution in [3.8, 4) is 0 Å². The van der Waals surface area contributed by atoms with Gasteiger partial charge in [0.2, 0.25) is 0 Å². The number of hydrogen-bond acceptors (Lipinski definition) is 0. The van der Waals surface area contributed by atoms with Gasteiger partial charge >= 0.3 is 0 Å². The Hall–Kier alpha value is -0.780. The van der Waals surface area contributed by atoms with Crippen molar-refractivity contribution >= 4 is 0 Å². The molecular formula is C11H15. The first kappa shape index (κ1) is 8.32. The standard InChI is InChI=1S/C11H15/c1-2-3-5-8-11-9-6-4-7-10-11/h4-7,9-10H,2-3,8H2,1H3. The lowest BCUT2D eigenvalue weighted by Gasteiger charge is -1.97. The van der Waals surface area contributed by atoms with Crippen LogP contribution in [-0.2, 0) is 6.42 Å². The van der Waals surface area contributed by atoms with Crippen molar-refractivity contribution in [1.29, 1.82) is 0 Å². The highest BCUT2D eigenvalue weighted by atomic mass is 13.9. The largest absolute Gasteiger partial charge is 0.0654 e. The molecule has 0 N–H and O–H groups in total. The van der Waals surface area contributed by atoms with E-state index in [9.17, 15) is 0 Å².